The molecule has 82 valence electrons. The smallest absolute Gasteiger partial charge is 0.220 e. The number of carbonyl (C=O) groups is 1. The summed E-state index contributed by atoms with van der Waals surface area (Å²) in [4.78, 5) is 11.1. The Balaban J connectivity index is 2.03. The van der Waals surface area contributed by atoms with Crippen molar-refractivity contribution in [2.75, 3.05) is 33.0 Å². The average molecular weight is 203 g/mol. The molecule has 1 heterocycles. The van der Waals surface area contributed by atoms with Gasteiger partial charge in [0.25, 0.3) is 0 Å². The number of hydrogen-bond acceptors (Lipinski definition) is 4. The normalized spacial score (nSPS) is 21.9. The third kappa shape index (κ3) is 4.55. The maximum atomic E-state index is 11.1. The summed E-state index contributed by atoms with van der Waals surface area (Å²) in [5, 5.41) is 11.2. The molecule has 0 aliphatic carbocycles. The van der Waals surface area contributed by atoms with Gasteiger partial charge in [-0.15, -0.1) is 0 Å². The van der Waals surface area contributed by atoms with Crippen LogP contribution in [0.5, 0.6) is 0 Å². The molecule has 0 radical (unpaired) electrons. The summed E-state index contributed by atoms with van der Waals surface area (Å²) < 4.78 is 10.5. The van der Waals surface area contributed by atoms with Crippen LogP contribution in [0.15, 0.2) is 0 Å². The molecule has 0 bridgehead atoms. The maximum absolute atomic E-state index is 11.1. The molecule has 1 rings (SSSR count). The minimum absolute atomic E-state index is 0.0261. The molecule has 1 aliphatic rings. The van der Waals surface area contributed by atoms with Gasteiger partial charge < -0.3 is 19.9 Å². The zero-order valence-electron chi connectivity index (χ0n) is 8.20. The second kappa shape index (κ2) is 6.75. The van der Waals surface area contributed by atoms with Crippen LogP contribution in [0.4, 0.5) is 0 Å². The van der Waals surface area contributed by atoms with Crippen molar-refractivity contribution in [1.29, 1.82) is 0 Å². The number of ether oxygens (including phenoxy) is 2. The van der Waals surface area contributed by atoms with Crippen LogP contribution in [0.25, 0.3) is 0 Å². The molecule has 1 fully saturated rings. The van der Waals surface area contributed by atoms with Crippen molar-refractivity contribution in [2.24, 2.45) is 0 Å². The van der Waals surface area contributed by atoms with Crippen LogP contribution in [0.2, 0.25) is 0 Å². The quantitative estimate of drug-likeness (QED) is 0.619. The first kappa shape index (κ1) is 11.4. The molecule has 1 saturated heterocycles. The summed E-state index contributed by atoms with van der Waals surface area (Å²) in [5.74, 6) is -0.0479. The van der Waals surface area contributed by atoms with Crippen LogP contribution in [0.1, 0.15) is 12.8 Å². The predicted octanol–water partition coefficient (Wildman–Crippen LogP) is -0.709. The van der Waals surface area contributed by atoms with Crippen LogP contribution in [0, 0.1) is 0 Å². The van der Waals surface area contributed by atoms with E-state index in [4.69, 9.17) is 14.6 Å². The average Bonchev–Trinajstić information content (AvgIpc) is 2.25. The summed E-state index contributed by atoms with van der Waals surface area (Å²) in [6.07, 6.45) is 0.847. The van der Waals surface area contributed by atoms with Gasteiger partial charge in [-0.2, -0.15) is 0 Å². The molecular weight excluding hydrogens is 186 g/mol. The second-order valence-electron chi connectivity index (χ2n) is 3.20. The van der Waals surface area contributed by atoms with E-state index >= 15 is 0 Å². The van der Waals surface area contributed by atoms with Gasteiger partial charge in [0.15, 0.2) is 0 Å². The number of carbonyl (C=O) groups excluding carboxylic acids is 1. The molecule has 0 aromatic heterocycles. The van der Waals surface area contributed by atoms with E-state index in [0.717, 1.165) is 0 Å². The Morgan fingerprint density at radius 1 is 1.50 bits per heavy atom. The van der Waals surface area contributed by atoms with E-state index in [1.807, 2.05) is 0 Å². The van der Waals surface area contributed by atoms with Crippen LogP contribution in [0.3, 0.4) is 0 Å². The lowest BCUT2D eigenvalue weighted by Crippen LogP contribution is -2.39. The maximum Gasteiger partial charge on any atom is 0.220 e. The molecule has 5 nitrogen and oxygen atoms in total. The zero-order valence-corrected chi connectivity index (χ0v) is 8.20. The fourth-order valence-corrected chi connectivity index (χ4v) is 1.21. The SMILES string of the molecule is O=C(CCCO)NCC1COCCO1. The Bertz CT molecular complexity index is 168. The molecular formula is C9H17NO4. The summed E-state index contributed by atoms with van der Waals surface area (Å²) in [6.45, 7) is 2.31. The number of aliphatic hydroxyl groups is 1. The number of aliphatic hydroxyl groups excluding tert-OH is 1. The molecule has 2 N–H and O–H groups in total. The molecule has 0 aromatic carbocycles. The molecule has 14 heavy (non-hydrogen) atoms. The van der Waals surface area contributed by atoms with Crippen molar-refractivity contribution in [1.82, 2.24) is 5.32 Å². The number of amides is 1. The van der Waals surface area contributed by atoms with E-state index in [0.29, 0.717) is 39.2 Å². The summed E-state index contributed by atoms with van der Waals surface area (Å²) in [7, 11) is 0. The highest BCUT2D eigenvalue weighted by atomic mass is 16.6. The molecule has 5 heteroatoms. The highest BCUT2D eigenvalue weighted by Gasteiger charge is 2.14. The van der Waals surface area contributed by atoms with Gasteiger partial charge in [-0.3, -0.25) is 4.79 Å². The van der Waals surface area contributed by atoms with E-state index in [2.05, 4.69) is 5.32 Å². The zero-order chi connectivity index (χ0) is 10.2. The lowest BCUT2D eigenvalue weighted by molar-refractivity contribution is -0.124. The molecule has 1 amide bonds. The number of hydrogen-bond donors (Lipinski definition) is 2. The third-order valence-electron chi connectivity index (χ3n) is 1.97. The van der Waals surface area contributed by atoms with Crippen LogP contribution >= 0.6 is 0 Å². The predicted molar refractivity (Wildman–Crippen MR) is 49.9 cm³/mol. The number of nitrogens with one attached hydrogen (secondary N) is 1. The Labute approximate surface area is 83.4 Å². The monoisotopic (exact) mass is 203 g/mol. The van der Waals surface area contributed by atoms with Gasteiger partial charge in [-0.1, -0.05) is 0 Å². The largest absolute Gasteiger partial charge is 0.396 e. The van der Waals surface area contributed by atoms with Crippen molar-refractivity contribution in [3.05, 3.63) is 0 Å². The third-order valence-corrected chi connectivity index (χ3v) is 1.97. The highest BCUT2D eigenvalue weighted by Crippen LogP contribution is 1.99. The summed E-state index contributed by atoms with van der Waals surface area (Å²) >= 11 is 0. The Hall–Kier alpha value is -0.650. The fraction of sp³-hybridized carbons (Fsp3) is 0.889. The van der Waals surface area contributed by atoms with Gasteiger partial charge in [0.05, 0.1) is 25.9 Å². The van der Waals surface area contributed by atoms with Crippen molar-refractivity contribution < 1.29 is 19.4 Å². The molecule has 0 spiro atoms. The minimum atomic E-state index is -0.0479. The standard InChI is InChI=1S/C9H17NO4/c11-3-1-2-9(12)10-6-8-7-13-4-5-14-8/h8,11H,1-7H2,(H,10,12). The number of rotatable bonds is 5. The van der Waals surface area contributed by atoms with E-state index in [1.54, 1.807) is 0 Å². The van der Waals surface area contributed by atoms with Gasteiger partial charge >= 0.3 is 0 Å². The lowest BCUT2D eigenvalue weighted by Gasteiger charge is -2.22. The molecule has 1 atom stereocenters. The Kier molecular flexibility index (Phi) is 5.51. The Morgan fingerprint density at radius 2 is 2.36 bits per heavy atom. The molecule has 1 unspecified atom stereocenters. The summed E-state index contributed by atoms with van der Waals surface area (Å²) in [5.41, 5.74) is 0. The first-order valence-electron chi connectivity index (χ1n) is 4.90. The Morgan fingerprint density at radius 3 is 3.00 bits per heavy atom. The van der Waals surface area contributed by atoms with E-state index in [1.165, 1.54) is 0 Å². The van der Waals surface area contributed by atoms with Crippen molar-refractivity contribution in [3.8, 4) is 0 Å². The summed E-state index contributed by atoms with van der Waals surface area (Å²) in [6, 6.07) is 0. The van der Waals surface area contributed by atoms with Gasteiger partial charge in [-0.05, 0) is 6.42 Å². The topological polar surface area (TPSA) is 67.8 Å². The first-order valence-corrected chi connectivity index (χ1v) is 4.90. The highest BCUT2D eigenvalue weighted by molar-refractivity contribution is 5.75. The van der Waals surface area contributed by atoms with Crippen molar-refractivity contribution in [3.63, 3.8) is 0 Å². The molecule has 0 saturated carbocycles. The van der Waals surface area contributed by atoms with Gasteiger partial charge in [0.2, 0.25) is 5.91 Å². The second-order valence-corrected chi connectivity index (χ2v) is 3.20. The van der Waals surface area contributed by atoms with E-state index in [9.17, 15) is 4.79 Å². The van der Waals surface area contributed by atoms with Crippen LogP contribution < -0.4 is 5.32 Å². The van der Waals surface area contributed by atoms with Gasteiger partial charge in [0, 0.05) is 19.6 Å². The minimum Gasteiger partial charge on any atom is -0.396 e. The lowest BCUT2D eigenvalue weighted by atomic mass is 10.3. The van der Waals surface area contributed by atoms with Crippen LogP contribution in [-0.4, -0.2) is 50.1 Å². The van der Waals surface area contributed by atoms with Gasteiger partial charge in [-0.25, -0.2) is 0 Å². The van der Waals surface area contributed by atoms with Crippen molar-refractivity contribution >= 4 is 5.91 Å². The molecule has 1 aliphatic heterocycles. The van der Waals surface area contributed by atoms with Gasteiger partial charge in [0.1, 0.15) is 0 Å². The van der Waals surface area contributed by atoms with E-state index in [-0.39, 0.29) is 18.6 Å². The van der Waals surface area contributed by atoms with Crippen molar-refractivity contribution in [2.45, 2.75) is 18.9 Å². The molecule has 0 aromatic rings. The van der Waals surface area contributed by atoms with Crippen LogP contribution in [-0.2, 0) is 14.3 Å². The van der Waals surface area contributed by atoms with E-state index < -0.39 is 0 Å². The fourth-order valence-electron chi connectivity index (χ4n) is 1.21. The first-order chi connectivity index (χ1) is 6.83.